The van der Waals surface area contributed by atoms with Crippen molar-refractivity contribution in [1.29, 1.82) is 0 Å². The Balaban J connectivity index is 2.94. The lowest BCUT2D eigenvalue weighted by atomic mass is 9.75. The first kappa shape index (κ1) is 15.5. The molecule has 0 bridgehead atoms. The summed E-state index contributed by atoms with van der Waals surface area (Å²) >= 11 is 0. The Morgan fingerprint density at radius 3 is 2.53 bits per heavy atom. The third-order valence-corrected chi connectivity index (χ3v) is 3.53. The number of aliphatic hydroxyl groups excluding tert-OH is 1. The number of hydrogen-bond donors (Lipinski definition) is 1. The maximum atomic E-state index is 11.5. The molecule has 0 heterocycles. The minimum atomic E-state index is -0.791. The normalized spacial score (nSPS) is 11.5. The van der Waals surface area contributed by atoms with Crippen LogP contribution >= 0.6 is 0 Å². The molecule has 1 rings (SSSR count). The standard InChI is InChI=1S/C15H22O4/c1-11(2)15(3,4)12-7-5-6-8-13(12)19-14(17)18-10-9-16/h5-8,11,16H,9-10H2,1-4H3. The summed E-state index contributed by atoms with van der Waals surface area (Å²) in [7, 11) is 0. The third-order valence-electron chi connectivity index (χ3n) is 3.53. The number of para-hydroxylation sites is 1. The fourth-order valence-electron chi connectivity index (χ4n) is 1.65. The van der Waals surface area contributed by atoms with Gasteiger partial charge < -0.3 is 14.6 Å². The van der Waals surface area contributed by atoms with Crippen LogP contribution in [0.25, 0.3) is 0 Å². The van der Waals surface area contributed by atoms with Crippen LogP contribution in [0.5, 0.6) is 5.75 Å². The number of benzene rings is 1. The van der Waals surface area contributed by atoms with Crippen molar-refractivity contribution in [2.45, 2.75) is 33.1 Å². The van der Waals surface area contributed by atoms with Crippen molar-refractivity contribution in [1.82, 2.24) is 0 Å². The zero-order valence-electron chi connectivity index (χ0n) is 12.0. The summed E-state index contributed by atoms with van der Waals surface area (Å²) in [5.74, 6) is 0.898. The van der Waals surface area contributed by atoms with Crippen LogP contribution in [0, 0.1) is 5.92 Å². The Hall–Kier alpha value is -1.55. The number of carbonyl (C=O) groups is 1. The van der Waals surface area contributed by atoms with Crippen molar-refractivity contribution < 1.29 is 19.4 Å². The molecular formula is C15H22O4. The van der Waals surface area contributed by atoms with Gasteiger partial charge in [0, 0.05) is 5.56 Å². The number of rotatable bonds is 5. The second kappa shape index (κ2) is 6.57. The Kier molecular flexibility index (Phi) is 5.36. The summed E-state index contributed by atoms with van der Waals surface area (Å²) < 4.78 is 9.92. The van der Waals surface area contributed by atoms with Gasteiger partial charge in [-0.05, 0) is 17.4 Å². The summed E-state index contributed by atoms with van der Waals surface area (Å²) in [6, 6.07) is 7.44. The molecule has 4 nitrogen and oxygen atoms in total. The van der Waals surface area contributed by atoms with E-state index in [4.69, 9.17) is 14.6 Å². The van der Waals surface area contributed by atoms with Crippen LogP contribution in [-0.2, 0) is 10.2 Å². The highest BCUT2D eigenvalue weighted by molar-refractivity contribution is 5.64. The fourth-order valence-corrected chi connectivity index (χ4v) is 1.65. The second-order valence-corrected chi connectivity index (χ2v) is 5.30. The highest BCUT2D eigenvalue weighted by Crippen LogP contribution is 2.37. The molecule has 1 N–H and O–H groups in total. The number of carbonyl (C=O) groups excluding carboxylic acids is 1. The second-order valence-electron chi connectivity index (χ2n) is 5.30. The van der Waals surface area contributed by atoms with E-state index in [9.17, 15) is 4.79 Å². The quantitative estimate of drug-likeness (QED) is 0.657. The summed E-state index contributed by atoms with van der Waals surface area (Å²) in [6.45, 7) is 8.20. The van der Waals surface area contributed by atoms with E-state index in [0.29, 0.717) is 11.7 Å². The SMILES string of the molecule is CC(C)C(C)(C)c1ccccc1OC(=O)OCCO. The molecule has 0 fully saturated rings. The Morgan fingerprint density at radius 2 is 1.95 bits per heavy atom. The van der Waals surface area contributed by atoms with E-state index in [2.05, 4.69) is 27.7 Å². The Labute approximate surface area is 114 Å². The van der Waals surface area contributed by atoms with Crippen molar-refractivity contribution >= 4 is 6.16 Å². The lowest BCUT2D eigenvalue weighted by Gasteiger charge is -2.31. The van der Waals surface area contributed by atoms with Crippen LogP contribution in [-0.4, -0.2) is 24.5 Å². The zero-order valence-corrected chi connectivity index (χ0v) is 12.0. The number of ether oxygens (including phenoxy) is 2. The first-order valence-electron chi connectivity index (χ1n) is 6.44. The average molecular weight is 266 g/mol. The molecule has 0 aliphatic rings. The van der Waals surface area contributed by atoms with Crippen LogP contribution in [0.15, 0.2) is 24.3 Å². The summed E-state index contributed by atoms with van der Waals surface area (Å²) in [5, 5.41) is 8.61. The fraction of sp³-hybridized carbons (Fsp3) is 0.533. The molecule has 0 unspecified atom stereocenters. The largest absolute Gasteiger partial charge is 0.513 e. The topological polar surface area (TPSA) is 55.8 Å². The van der Waals surface area contributed by atoms with E-state index in [-0.39, 0.29) is 18.6 Å². The molecular weight excluding hydrogens is 244 g/mol. The van der Waals surface area contributed by atoms with Gasteiger partial charge in [0.15, 0.2) is 0 Å². The van der Waals surface area contributed by atoms with Crippen LogP contribution in [0.1, 0.15) is 33.3 Å². The van der Waals surface area contributed by atoms with Gasteiger partial charge in [-0.3, -0.25) is 0 Å². The molecule has 19 heavy (non-hydrogen) atoms. The highest BCUT2D eigenvalue weighted by Gasteiger charge is 2.28. The van der Waals surface area contributed by atoms with E-state index in [1.54, 1.807) is 6.07 Å². The molecule has 1 aromatic rings. The van der Waals surface area contributed by atoms with E-state index in [1.165, 1.54) is 0 Å². The van der Waals surface area contributed by atoms with E-state index >= 15 is 0 Å². The third kappa shape index (κ3) is 3.96. The van der Waals surface area contributed by atoms with Crippen molar-refractivity contribution in [3.63, 3.8) is 0 Å². The monoisotopic (exact) mass is 266 g/mol. The molecule has 0 saturated heterocycles. The van der Waals surface area contributed by atoms with Crippen molar-refractivity contribution in [3.8, 4) is 5.75 Å². The molecule has 4 heteroatoms. The van der Waals surface area contributed by atoms with Gasteiger partial charge in [0.1, 0.15) is 12.4 Å². The van der Waals surface area contributed by atoms with Gasteiger partial charge in [0.2, 0.25) is 0 Å². The van der Waals surface area contributed by atoms with Crippen LogP contribution in [0.3, 0.4) is 0 Å². The molecule has 0 atom stereocenters. The summed E-state index contributed by atoms with van der Waals surface area (Å²) in [6.07, 6.45) is -0.791. The first-order valence-corrected chi connectivity index (χ1v) is 6.44. The highest BCUT2D eigenvalue weighted by atomic mass is 16.7. The van der Waals surface area contributed by atoms with Gasteiger partial charge >= 0.3 is 6.16 Å². The molecule has 0 aromatic heterocycles. The Bertz CT molecular complexity index is 424. The predicted octanol–water partition coefficient (Wildman–Crippen LogP) is 3.13. The van der Waals surface area contributed by atoms with Crippen molar-refractivity contribution in [3.05, 3.63) is 29.8 Å². The first-order chi connectivity index (χ1) is 8.89. The molecule has 0 aliphatic carbocycles. The number of aliphatic hydroxyl groups is 1. The predicted molar refractivity (Wildman–Crippen MR) is 73.4 cm³/mol. The molecule has 0 radical (unpaired) electrons. The molecule has 0 aliphatic heterocycles. The molecule has 106 valence electrons. The van der Waals surface area contributed by atoms with Gasteiger partial charge in [-0.2, -0.15) is 0 Å². The lowest BCUT2D eigenvalue weighted by Crippen LogP contribution is -2.26. The van der Waals surface area contributed by atoms with Gasteiger partial charge in [0.25, 0.3) is 0 Å². The molecule has 0 spiro atoms. The summed E-state index contributed by atoms with van der Waals surface area (Å²) in [5.41, 5.74) is 0.847. The van der Waals surface area contributed by atoms with Gasteiger partial charge in [0.05, 0.1) is 6.61 Å². The van der Waals surface area contributed by atoms with Crippen LogP contribution < -0.4 is 4.74 Å². The minimum absolute atomic E-state index is 0.0609. The zero-order chi connectivity index (χ0) is 14.5. The molecule has 1 aromatic carbocycles. The average Bonchev–Trinajstić information content (AvgIpc) is 2.36. The van der Waals surface area contributed by atoms with E-state index < -0.39 is 6.16 Å². The summed E-state index contributed by atoms with van der Waals surface area (Å²) in [4.78, 5) is 11.5. The van der Waals surface area contributed by atoms with Gasteiger partial charge in [-0.15, -0.1) is 0 Å². The van der Waals surface area contributed by atoms with E-state index in [1.807, 2.05) is 18.2 Å². The van der Waals surface area contributed by atoms with Gasteiger partial charge in [-0.25, -0.2) is 4.79 Å². The Morgan fingerprint density at radius 1 is 1.32 bits per heavy atom. The maximum absolute atomic E-state index is 11.5. The van der Waals surface area contributed by atoms with Crippen molar-refractivity contribution in [2.75, 3.05) is 13.2 Å². The molecule has 0 amide bonds. The maximum Gasteiger partial charge on any atom is 0.513 e. The van der Waals surface area contributed by atoms with E-state index in [0.717, 1.165) is 5.56 Å². The number of hydrogen-bond acceptors (Lipinski definition) is 4. The molecule has 0 saturated carbocycles. The van der Waals surface area contributed by atoms with Crippen molar-refractivity contribution in [2.24, 2.45) is 5.92 Å². The lowest BCUT2D eigenvalue weighted by molar-refractivity contribution is 0.0800. The smallest absolute Gasteiger partial charge is 0.432 e. The van der Waals surface area contributed by atoms with Crippen LogP contribution in [0.2, 0.25) is 0 Å². The van der Waals surface area contributed by atoms with Crippen LogP contribution in [0.4, 0.5) is 4.79 Å². The minimum Gasteiger partial charge on any atom is -0.432 e. The van der Waals surface area contributed by atoms with Gasteiger partial charge in [-0.1, -0.05) is 45.9 Å².